The Morgan fingerprint density at radius 2 is 1.45 bits per heavy atom. The Kier molecular flexibility index (Phi) is 29.6. The Labute approximate surface area is 335 Å². The fraction of sp³-hybridized carbons (Fsp3) is 0.773. The maximum absolute atomic E-state index is 12.7. The molecule has 1 aliphatic rings. The zero-order valence-corrected chi connectivity index (χ0v) is 36.1. The number of aliphatic hydroxyl groups is 1. The minimum absolute atomic E-state index is 0.0154. The van der Waals surface area contributed by atoms with E-state index in [9.17, 15) is 24.2 Å². The van der Waals surface area contributed by atoms with Crippen molar-refractivity contribution >= 4 is 19.6 Å². The van der Waals surface area contributed by atoms with Crippen molar-refractivity contribution < 1.29 is 47.2 Å². The maximum Gasteiger partial charge on any atom is 0.472 e. The standard InChI is InChI=1S/C44H78NO9P/c1-6-8-10-11-12-13-14-15-16-17-18-19-22-26-35-51-37-41(38-53-55(49,50)52-36-34-45(3,4)5)54-44(48)29-25-21-20-24-27-39-30-33-43(47)42(39)32-31-40(46)28-23-9-7-2/h20,24,26,30-33,35,39-42,46H,6-19,21-23,25,27-29,34,36-38H2,1-5H3/p+1/b24-20-,32-31+,35-26+/t39-,40-,41+,42+/m0/s1. The molecule has 0 aliphatic heterocycles. The van der Waals surface area contributed by atoms with E-state index in [4.69, 9.17) is 18.5 Å². The van der Waals surface area contributed by atoms with Crippen LogP contribution in [-0.2, 0) is 32.7 Å². The number of phosphoric acid groups is 1. The van der Waals surface area contributed by atoms with Crippen molar-refractivity contribution in [3.8, 4) is 0 Å². The molecule has 0 radical (unpaired) electrons. The average molecular weight is 797 g/mol. The van der Waals surface area contributed by atoms with Crippen LogP contribution >= 0.6 is 7.82 Å². The third-order valence-electron chi connectivity index (χ3n) is 9.71. The summed E-state index contributed by atoms with van der Waals surface area (Å²) in [6.45, 7) is 4.59. The second kappa shape index (κ2) is 32.0. The minimum Gasteiger partial charge on any atom is -0.498 e. The largest absolute Gasteiger partial charge is 0.498 e. The number of likely N-dealkylation sites (N-methyl/N-ethyl adjacent to an activating group) is 1. The van der Waals surface area contributed by atoms with Crippen LogP contribution in [0.1, 0.15) is 149 Å². The molecule has 0 aromatic heterocycles. The average Bonchev–Trinajstić information content (AvgIpc) is 3.48. The number of hydrogen-bond acceptors (Lipinski definition) is 8. The van der Waals surface area contributed by atoms with Gasteiger partial charge in [0, 0.05) is 12.3 Å². The van der Waals surface area contributed by atoms with E-state index < -0.39 is 26.0 Å². The number of rotatable bonds is 36. The predicted octanol–water partition coefficient (Wildman–Crippen LogP) is 10.3. The van der Waals surface area contributed by atoms with Gasteiger partial charge in [0.05, 0.1) is 40.1 Å². The summed E-state index contributed by atoms with van der Waals surface area (Å²) in [7, 11) is 1.51. The van der Waals surface area contributed by atoms with Gasteiger partial charge in [-0.05, 0) is 56.6 Å². The summed E-state index contributed by atoms with van der Waals surface area (Å²) in [6, 6.07) is 0. The predicted molar refractivity (Wildman–Crippen MR) is 223 cm³/mol. The highest BCUT2D eigenvalue weighted by Crippen LogP contribution is 2.43. The van der Waals surface area contributed by atoms with Crippen LogP contribution in [0.2, 0.25) is 0 Å². The summed E-state index contributed by atoms with van der Waals surface area (Å²) < 4.78 is 34.7. The smallest absolute Gasteiger partial charge is 0.472 e. The molecule has 0 bridgehead atoms. The van der Waals surface area contributed by atoms with Crippen LogP contribution in [0.15, 0.2) is 48.8 Å². The molecular weight excluding hydrogens is 717 g/mol. The molecular formula is C44H79NO9P+. The molecule has 1 rings (SSSR count). The first-order valence-corrected chi connectivity index (χ1v) is 23.0. The zero-order valence-electron chi connectivity index (χ0n) is 35.3. The van der Waals surface area contributed by atoms with Crippen molar-refractivity contribution in [2.24, 2.45) is 11.8 Å². The third-order valence-corrected chi connectivity index (χ3v) is 10.7. The number of phosphoric ester groups is 1. The molecule has 0 saturated heterocycles. The quantitative estimate of drug-likeness (QED) is 0.0159. The minimum atomic E-state index is -4.35. The Hall–Kier alpha value is -2.07. The monoisotopic (exact) mass is 797 g/mol. The maximum atomic E-state index is 12.7. The van der Waals surface area contributed by atoms with Crippen LogP contribution in [0.4, 0.5) is 0 Å². The van der Waals surface area contributed by atoms with Crippen LogP contribution in [0.25, 0.3) is 0 Å². The van der Waals surface area contributed by atoms with E-state index in [2.05, 4.69) is 13.8 Å². The molecule has 0 amide bonds. The molecule has 0 aromatic carbocycles. The number of carbonyl (C=O) groups excluding carboxylic acids is 2. The molecule has 55 heavy (non-hydrogen) atoms. The molecule has 0 fully saturated rings. The number of nitrogens with zero attached hydrogens (tertiary/aromatic N) is 1. The first-order chi connectivity index (χ1) is 26.4. The van der Waals surface area contributed by atoms with Gasteiger partial charge in [0.25, 0.3) is 0 Å². The number of carbonyl (C=O) groups is 2. The lowest BCUT2D eigenvalue weighted by Gasteiger charge is -2.24. The second-order valence-electron chi connectivity index (χ2n) is 16.1. The van der Waals surface area contributed by atoms with Crippen LogP contribution in [0.3, 0.4) is 0 Å². The molecule has 318 valence electrons. The van der Waals surface area contributed by atoms with Gasteiger partial charge in [0.15, 0.2) is 11.9 Å². The van der Waals surface area contributed by atoms with Crippen LogP contribution in [0.5, 0.6) is 0 Å². The van der Waals surface area contributed by atoms with Crippen molar-refractivity contribution in [2.75, 3.05) is 47.5 Å². The van der Waals surface area contributed by atoms with Gasteiger partial charge >= 0.3 is 13.8 Å². The lowest BCUT2D eigenvalue weighted by Crippen LogP contribution is -2.37. The van der Waals surface area contributed by atoms with Gasteiger partial charge in [-0.1, -0.05) is 134 Å². The van der Waals surface area contributed by atoms with Crippen LogP contribution in [-0.4, -0.2) is 86.0 Å². The van der Waals surface area contributed by atoms with Gasteiger partial charge in [-0.2, -0.15) is 0 Å². The van der Waals surface area contributed by atoms with Gasteiger partial charge < -0.3 is 24.0 Å². The number of aliphatic hydroxyl groups excluding tert-OH is 1. The Morgan fingerprint density at radius 3 is 2.11 bits per heavy atom. The highest BCUT2D eigenvalue weighted by Gasteiger charge is 2.28. The first kappa shape index (κ1) is 50.9. The molecule has 2 N–H and O–H groups in total. The lowest BCUT2D eigenvalue weighted by molar-refractivity contribution is -0.870. The molecule has 10 nitrogen and oxygen atoms in total. The van der Waals surface area contributed by atoms with Crippen LogP contribution < -0.4 is 0 Å². The van der Waals surface area contributed by atoms with Crippen molar-refractivity contribution in [1.29, 1.82) is 0 Å². The molecule has 0 aromatic rings. The Balaban J connectivity index is 2.46. The second-order valence-corrected chi connectivity index (χ2v) is 17.6. The van der Waals surface area contributed by atoms with Crippen molar-refractivity contribution in [3.63, 3.8) is 0 Å². The van der Waals surface area contributed by atoms with E-state index in [1.807, 2.05) is 51.5 Å². The summed E-state index contributed by atoms with van der Waals surface area (Å²) in [4.78, 5) is 35.3. The van der Waals surface area contributed by atoms with E-state index >= 15 is 0 Å². The summed E-state index contributed by atoms with van der Waals surface area (Å²) >= 11 is 0. The van der Waals surface area contributed by atoms with Crippen molar-refractivity contribution in [3.05, 3.63) is 48.8 Å². The molecule has 0 heterocycles. The van der Waals surface area contributed by atoms with Gasteiger partial charge in [0.1, 0.15) is 19.8 Å². The summed E-state index contributed by atoms with van der Waals surface area (Å²) in [5, 5.41) is 10.2. The van der Waals surface area contributed by atoms with Crippen molar-refractivity contribution in [1.82, 2.24) is 0 Å². The summed E-state index contributed by atoms with van der Waals surface area (Å²) in [5.74, 6) is -0.602. The SMILES string of the molecule is CCCCCCCCCCCCCC/C=C/OC[C@H](COP(=O)(O)OCC[N+](C)(C)C)OC(=O)CCC/C=C\C[C@H]1C=CC(=O)[C@@H]1/C=C/[C@@H](O)CCCCC. The molecule has 0 spiro atoms. The Bertz CT molecular complexity index is 1160. The Morgan fingerprint density at radius 1 is 0.836 bits per heavy atom. The third kappa shape index (κ3) is 29.8. The highest BCUT2D eigenvalue weighted by molar-refractivity contribution is 7.47. The van der Waals surface area contributed by atoms with E-state index in [0.717, 1.165) is 32.1 Å². The number of hydrogen-bond donors (Lipinski definition) is 2. The summed E-state index contributed by atoms with van der Waals surface area (Å²) in [6.07, 6.45) is 35.8. The summed E-state index contributed by atoms with van der Waals surface area (Å²) in [5.41, 5.74) is 0. The molecule has 1 unspecified atom stereocenters. The zero-order chi connectivity index (χ0) is 40.6. The number of esters is 1. The number of ketones is 1. The highest BCUT2D eigenvalue weighted by atomic mass is 31.2. The topological polar surface area (TPSA) is 129 Å². The van der Waals surface area contributed by atoms with Gasteiger partial charge in [-0.3, -0.25) is 18.6 Å². The van der Waals surface area contributed by atoms with Crippen LogP contribution in [0, 0.1) is 11.8 Å². The first-order valence-electron chi connectivity index (χ1n) is 21.5. The van der Waals surface area contributed by atoms with Gasteiger partial charge in [-0.15, -0.1) is 0 Å². The van der Waals surface area contributed by atoms with E-state index in [1.54, 1.807) is 18.4 Å². The van der Waals surface area contributed by atoms with E-state index in [0.29, 0.717) is 36.7 Å². The molecule has 5 atom stereocenters. The number of quaternary nitrogens is 1. The fourth-order valence-corrected chi connectivity index (χ4v) is 6.96. The van der Waals surface area contributed by atoms with Crippen molar-refractivity contribution in [2.45, 2.75) is 161 Å². The van der Waals surface area contributed by atoms with Gasteiger partial charge in [0.2, 0.25) is 0 Å². The van der Waals surface area contributed by atoms with E-state index in [1.165, 1.54) is 70.6 Å². The molecule has 1 aliphatic carbocycles. The number of ether oxygens (including phenoxy) is 2. The molecule has 0 saturated carbocycles. The van der Waals surface area contributed by atoms with E-state index in [-0.39, 0.29) is 43.9 Å². The normalized spacial score (nSPS) is 18.5. The number of allylic oxidation sites excluding steroid dienone is 6. The molecule has 11 heteroatoms. The lowest BCUT2D eigenvalue weighted by atomic mass is 9.90. The van der Waals surface area contributed by atoms with Gasteiger partial charge in [-0.25, -0.2) is 4.57 Å². The fourth-order valence-electron chi connectivity index (χ4n) is 6.21. The number of unbranched alkanes of at least 4 members (excludes halogenated alkanes) is 15.